The summed E-state index contributed by atoms with van der Waals surface area (Å²) in [5, 5.41) is 0. The number of benzene rings is 1. The van der Waals surface area contributed by atoms with Gasteiger partial charge in [-0.05, 0) is 28.1 Å². The predicted octanol–water partition coefficient (Wildman–Crippen LogP) is 1.83. The summed E-state index contributed by atoms with van der Waals surface area (Å²) in [5.74, 6) is -3.04. The average molecular weight is 236 g/mol. The third-order valence-corrected chi connectivity index (χ3v) is 1.90. The largest absolute Gasteiger partial charge is 0.365 e. The van der Waals surface area contributed by atoms with Crippen molar-refractivity contribution in [2.75, 3.05) is 0 Å². The first-order valence-corrected chi connectivity index (χ1v) is 3.76. The van der Waals surface area contributed by atoms with Crippen LogP contribution in [0.5, 0.6) is 0 Å². The van der Waals surface area contributed by atoms with Gasteiger partial charge in [-0.2, -0.15) is 0 Å². The van der Waals surface area contributed by atoms with Crippen LogP contribution in [0.2, 0.25) is 0 Å². The monoisotopic (exact) mass is 235 g/mol. The van der Waals surface area contributed by atoms with E-state index in [1.165, 1.54) is 0 Å². The van der Waals surface area contributed by atoms with E-state index in [1.54, 1.807) is 0 Å². The van der Waals surface area contributed by atoms with Crippen molar-refractivity contribution in [1.82, 2.24) is 0 Å². The lowest BCUT2D eigenvalue weighted by atomic mass is 10.2. The number of amides is 1. The van der Waals surface area contributed by atoms with Gasteiger partial charge in [-0.15, -0.1) is 0 Å². The highest BCUT2D eigenvalue weighted by atomic mass is 79.9. The van der Waals surface area contributed by atoms with Gasteiger partial charge >= 0.3 is 0 Å². The number of carbonyl (C=O) groups excluding carboxylic acids is 1. The Morgan fingerprint density at radius 1 is 1.42 bits per heavy atom. The number of hydrogen-bond donors (Lipinski definition) is 1. The molecule has 0 saturated carbocycles. The molecular weight excluding hydrogens is 232 g/mol. The van der Waals surface area contributed by atoms with Crippen LogP contribution in [0.1, 0.15) is 10.4 Å². The van der Waals surface area contributed by atoms with Gasteiger partial charge in [0.1, 0.15) is 11.4 Å². The molecular formula is C7H4BrF2NO. The van der Waals surface area contributed by atoms with Crippen molar-refractivity contribution in [3.63, 3.8) is 0 Å². The Morgan fingerprint density at radius 3 is 2.42 bits per heavy atom. The van der Waals surface area contributed by atoms with Crippen LogP contribution in [0.25, 0.3) is 0 Å². The highest BCUT2D eigenvalue weighted by molar-refractivity contribution is 9.10. The molecule has 0 bridgehead atoms. The van der Waals surface area contributed by atoms with Crippen LogP contribution in [0.15, 0.2) is 16.6 Å². The van der Waals surface area contributed by atoms with Gasteiger partial charge in [-0.1, -0.05) is 0 Å². The van der Waals surface area contributed by atoms with E-state index in [2.05, 4.69) is 15.9 Å². The van der Waals surface area contributed by atoms with E-state index in [0.717, 1.165) is 12.1 Å². The Balaban J connectivity index is 3.43. The van der Waals surface area contributed by atoms with Gasteiger partial charge in [0.2, 0.25) is 0 Å². The maximum absolute atomic E-state index is 12.9. The molecule has 64 valence electrons. The fourth-order valence-electron chi connectivity index (χ4n) is 0.753. The normalized spacial score (nSPS) is 9.92. The SMILES string of the molecule is NC(=O)c1c(F)ccc(Br)c1F. The molecule has 12 heavy (non-hydrogen) atoms. The smallest absolute Gasteiger partial charge is 0.254 e. The van der Waals surface area contributed by atoms with Gasteiger partial charge in [0, 0.05) is 0 Å². The minimum Gasteiger partial charge on any atom is -0.365 e. The number of rotatable bonds is 1. The summed E-state index contributed by atoms with van der Waals surface area (Å²) in [5.41, 5.74) is 4.03. The zero-order valence-electron chi connectivity index (χ0n) is 5.77. The number of halogens is 3. The van der Waals surface area contributed by atoms with Crippen LogP contribution in [0, 0.1) is 11.6 Å². The summed E-state index contributed by atoms with van der Waals surface area (Å²) in [7, 11) is 0. The topological polar surface area (TPSA) is 43.1 Å². The first-order chi connectivity index (χ1) is 5.54. The molecule has 0 radical (unpaired) electrons. The quantitative estimate of drug-likeness (QED) is 0.742. The molecule has 1 rings (SSSR count). The molecule has 0 atom stereocenters. The summed E-state index contributed by atoms with van der Waals surface area (Å²) in [6.07, 6.45) is 0. The molecule has 0 spiro atoms. The average Bonchev–Trinajstić information content (AvgIpc) is 1.97. The van der Waals surface area contributed by atoms with Crippen LogP contribution in [-0.4, -0.2) is 5.91 Å². The van der Waals surface area contributed by atoms with Crippen molar-refractivity contribution >= 4 is 21.8 Å². The summed E-state index contributed by atoms with van der Waals surface area (Å²) in [6.45, 7) is 0. The van der Waals surface area contributed by atoms with Crippen LogP contribution >= 0.6 is 15.9 Å². The van der Waals surface area contributed by atoms with Crippen LogP contribution in [-0.2, 0) is 0 Å². The predicted molar refractivity (Wildman–Crippen MR) is 42.6 cm³/mol. The Hall–Kier alpha value is -0.970. The van der Waals surface area contributed by atoms with E-state index >= 15 is 0 Å². The van der Waals surface area contributed by atoms with Crippen molar-refractivity contribution in [3.8, 4) is 0 Å². The molecule has 0 aromatic heterocycles. The third kappa shape index (κ3) is 1.45. The molecule has 0 aliphatic carbocycles. The van der Waals surface area contributed by atoms with Gasteiger partial charge in [0.05, 0.1) is 4.47 Å². The molecule has 0 heterocycles. The van der Waals surface area contributed by atoms with E-state index < -0.39 is 23.1 Å². The Morgan fingerprint density at radius 2 is 2.00 bits per heavy atom. The Labute approximate surface area is 75.5 Å². The molecule has 0 aliphatic heterocycles. The maximum Gasteiger partial charge on any atom is 0.254 e. The number of hydrogen-bond acceptors (Lipinski definition) is 1. The molecule has 0 unspecified atom stereocenters. The maximum atomic E-state index is 12.9. The molecule has 1 amide bonds. The van der Waals surface area contributed by atoms with E-state index in [9.17, 15) is 13.6 Å². The number of primary amides is 1. The molecule has 5 heteroatoms. The number of carbonyl (C=O) groups is 1. The van der Waals surface area contributed by atoms with Crippen LogP contribution in [0.3, 0.4) is 0 Å². The Bertz CT molecular complexity index is 340. The van der Waals surface area contributed by atoms with Crippen molar-refractivity contribution in [3.05, 3.63) is 33.8 Å². The standard InChI is InChI=1S/C7H4BrF2NO/c8-3-1-2-4(9)5(6(3)10)7(11)12/h1-2H,(H2,11,12). The van der Waals surface area contributed by atoms with Crippen molar-refractivity contribution in [2.24, 2.45) is 5.73 Å². The molecule has 0 aliphatic rings. The minimum atomic E-state index is -1.12. The highest BCUT2D eigenvalue weighted by Gasteiger charge is 2.16. The van der Waals surface area contributed by atoms with E-state index in [-0.39, 0.29) is 4.47 Å². The second kappa shape index (κ2) is 3.18. The van der Waals surface area contributed by atoms with Gasteiger partial charge < -0.3 is 5.73 Å². The van der Waals surface area contributed by atoms with Crippen molar-refractivity contribution < 1.29 is 13.6 Å². The highest BCUT2D eigenvalue weighted by Crippen LogP contribution is 2.20. The summed E-state index contributed by atoms with van der Waals surface area (Å²) in [4.78, 5) is 10.5. The lowest BCUT2D eigenvalue weighted by Gasteiger charge is -2.00. The lowest BCUT2D eigenvalue weighted by Crippen LogP contribution is -2.15. The molecule has 1 aromatic carbocycles. The first-order valence-electron chi connectivity index (χ1n) is 2.97. The van der Waals surface area contributed by atoms with E-state index in [4.69, 9.17) is 5.73 Å². The van der Waals surface area contributed by atoms with E-state index in [0.29, 0.717) is 0 Å². The molecule has 0 saturated heterocycles. The van der Waals surface area contributed by atoms with Crippen molar-refractivity contribution in [1.29, 1.82) is 0 Å². The van der Waals surface area contributed by atoms with Gasteiger partial charge in [0.15, 0.2) is 5.82 Å². The summed E-state index contributed by atoms with van der Waals surface area (Å²) >= 11 is 2.80. The summed E-state index contributed by atoms with van der Waals surface area (Å²) in [6, 6.07) is 2.13. The summed E-state index contributed by atoms with van der Waals surface area (Å²) < 4.78 is 25.7. The molecule has 2 N–H and O–H groups in total. The zero-order valence-corrected chi connectivity index (χ0v) is 7.36. The minimum absolute atomic E-state index is 0.0118. The second-order valence-electron chi connectivity index (χ2n) is 2.08. The van der Waals surface area contributed by atoms with Crippen LogP contribution in [0.4, 0.5) is 8.78 Å². The van der Waals surface area contributed by atoms with Gasteiger partial charge in [0.25, 0.3) is 5.91 Å². The number of nitrogens with two attached hydrogens (primary N) is 1. The molecule has 1 aromatic rings. The second-order valence-corrected chi connectivity index (χ2v) is 2.94. The zero-order chi connectivity index (χ0) is 9.30. The molecule has 0 fully saturated rings. The third-order valence-electron chi connectivity index (χ3n) is 1.29. The first kappa shape index (κ1) is 9.12. The van der Waals surface area contributed by atoms with E-state index in [1.807, 2.05) is 0 Å². The molecule has 2 nitrogen and oxygen atoms in total. The Kier molecular flexibility index (Phi) is 2.42. The van der Waals surface area contributed by atoms with Crippen molar-refractivity contribution in [2.45, 2.75) is 0 Å². The fraction of sp³-hybridized carbons (Fsp3) is 0. The van der Waals surface area contributed by atoms with Gasteiger partial charge in [-0.3, -0.25) is 4.79 Å². The van der Waals surface area contributed by atoms with Crippen LogP contribution < -0.4 is 5.73 Å². The van der Waals surface area contributed by atoms with Gasteiger partial charge in [-0.25, -0.2) is 8.78 Å². The fourth-order valence-corrected chi connectivity index (χ4v) is 1.08. The lowest BCUT2D eigenvalue weighted by molar-refractivity contribution is 0.0992.